The van der Waals surface area contributed by atoms with Crippen molar-refractivity contribution in [3.63, 3.8) is 0 Å². The Morgan fingerprint density at radius 1 is 1.13 bits per heavy atom. The average Bonchev–Trinajstić information content (AvgIpc) is 3.39. The number of nitrogens with zero attached hydrogens (tertiary/aromatic N) is 3. The first-order valence-electron chi connectivity index (χ1n) is 16.1. The second-order valence-electron chi connectivity index (χ2n) is 13.1. The van der Waals surface area contributed by atoms with Gasteiger partial charge in [-0.3, -0.25) is 14.5 Å². The van der Waals surface area contributed by atoms with Crippen molar-refractivity contribution < 1.29 is 48.0 Å². The van der Waals surface area contributed by atoms with Crippen LogP contribution in [0.3, 0.4) is 0 Å². The number of hydrogen-bond donors (Lipinski definition) is 2. The maximum absolute atomic E-state index is 13.0. The van der Waals surface area contributed by atoms with Crippen LogP contribution < -0.4 is 5.32 Å². The Labute approximate surface area is 275 Å². The van der Waals surface area contributed by atoms with Gasteiger partial charge in [-0.2, -0.15) is 0 Å². The Kier molecular flexibility index (Phi) is 12.5. The van der Waals surface area contributed by atoms with Crippen LogP contribution in [0.15, 0.2) is 42.1 Å². The lowest BCUT2D eigenvalue weighted by Crippen LogP contribution is -2.53. The Morgan fingerprint density at radius 3 is 2.57 bits per heavy atom. The number of piperidine rings is 1. The predicted octanol–water partition coefficient (Wildman–Crippen LogP) is 3.09. The number of likely N-dealkylation sites (tertiary alicyclic amines) is 1. The van der Waals surface area contributed by atoms with Gasteiger partial charge in [-0.15, -0.1) is 0 Å². The highest BCUT2D eigenvalue weighted by atomic mass is 16.7. The van der Waals surface area contributed by atoms with E-state index in [2.05, 4.69) is 10.2 Å². The zero-order chi connectivity index (χ0) is 34.1. The van der Waals surface area contributed by atoms with Crippen LogP contribution >= 0.6 is 0 Å². The Bertz CT molecular complexity index is 1270. The summed E-state index contributed by atoms with van der Waals surface area (Å²) in [5.41, 5.74) is 0.860. The number of benzene rings is 1. The number of aliphatic hydroxyl groups excluding tert-OH is 1. The normalized spacial score (nSPS) is 24.8. The molecule has 47 heavy (non-hydrogen) atoms. The number of esters is 1. The molecule has 2 fully saturated rings. The van der Waals surface area contributed by atoms with Crippen molar-refractivity contribution in [1.82, 2.24) is 20.0 Å². The summed E-state index contributed by atoms with van der Waals surface area (Å²) in [6, 6.07) is 9.88. The molecule has 0 aromatic heterocycles. The van der Waals surface area contributed by atoms with Crippen LogP contribution in [0, 0.1) is 0 Å². The fourth-order valence-electron chi connectivity index (χ4n) is 5.85. The smallest absolute Gasteiger partial charge is 0.459 e. The lowest BCUT2D eigenvalue weighted by Gasteiger charge is -2.39. The van der Waals surface area contributed by atoms with Gasteiger partial charge in [-0.05, 0) is 52.5 Å². The molecule has 0 spiro atoms. The van der Waals surface area contributed by atoms with Gasteiger partial charge < -0.3 is 43.9 Å². The van der Waals surface area contributed by atoms with E-state index in [1.54, 1.807) is 6.92 Å². The van der Waals surface area contributed by atoms with Crippen LogP contribution in [0.4, 0.5) is 9.59 Å². The molecule has 3 aliphatic heterocycles. The molecule has 0 radical (unpaired) electrons. The molecule has 260 valence electrons. The van der Waals surface area contributed by atoms with Gasteiger partial charge in [-0.1, -0.05) is 30.3 Å². The lowest BCUT2D eigenvalue weighted by molar-refractivity contribution is -0.154. The summed E-state index contributed by atoms with van der Waals surface area (Å²) in [5, 5.41) is 12.8. The minimum Gasteiger partial charge on any atom is -0.459 e. The second-order valence-corrected chi connectivity index (χ2v) is 13.1. The summed E-state index contributed by atoms with van der Waals surface area (Å²) < 4.78 is 27.8. The van der Waals surface area contributed by atoms with Crippen molar-refractivity contribution in [2.24, 2.45) is 0 Å². The molecule has 0 aliphatic carbocycles. The summed E-state index contributed by atoms with van der Waals surface area (Å²) in [4.78, 5) is 54.6. The fourth-order valence-corrected chi connectivity index (χ4v) is 5.85. The highest BCUT2D eigenvalue weighted by Gasteiger charge is 2.43. The van der Waals surface area contributed by atoms with E-state index in [1.165, 1.54) is 18.0 Å². The summed E-state index contributed by atoms with van der Waals surface area (Å²) in [7, 11) is 0. The van der Waals surface area contributed by atoms with E-state index < -0.39 is 48.4 Å². The Hall–Kier alpha value is -3.88. The Morgan fingerprint density at radius 2 is 1.87 bits per heavy atom. The summed E-state index contributed by atoms with van der Waals surface area (Å²) >= 11 is 0. The molecule has 2 amide bonds. The summed E-state index contributed by atoms with van der Waals surface area (Å²) in [6.07, 6.45) is -0.484. The average molecular weight is 661 g/mol. The highest BCUT2D eigenvalue weighted by molar-refractivity contribution is 5.93. The van der Waals surface area contributed by atoms with E-state index in [9.17, 15) is 24.3 Å². The van der Waals surface area contributed by atoms with E-state index in [0.29, 0.717) is 31.8 Å². The molecule has 14 heteroatoms. The van der Waals surface area contributed by atoms with Crippen LogP contribution in [0.1, 0.15) is 65.9 Å². The van der Waals surface area contributed by atoms with Crippen molar-refractivity contribution >= 4 is 24.1 Å². The third-order valence-electron chi connectivity index (χ3n) is 8.04. The van der Waals surface area contributed by atoms with Crippen molar-refractivity contribution in [3.05, 3.63) is 47.7 Å². The van der Waals surface area contributed by atoms with Crippen LogP contribution in [0.5, 0.6) is 0 Å². The topological polar surface area (TPSA) is 156 Å². The molecule has 5 atom stereocenters. The van der Waals surface area contributed by atoms with Crippen LogP contribution in [0.2, 0.25) is 0 Å². The van der Waals surface area contributed by atoms with E-state index in [0.717, 1.165) is 24.8 Å². The summed E-state index contributed by atoms with van der Waals surface area (Å²) in [5.74, 6) is -0.944. The molecule has 3 unspecified atom stereocenters. The third-order valence-corrected chi connectivity index (χ3v) is 8.04. The first kappa shape index (κ1) is 36.0. The van der Waals surface area contributed by atoms with Gasteiger partial charge in [0.2, 0.25) is 6.35 Å². The molecule has 0 bridgehead atoms. The van der Waals surface area contributed by atoms with Crippen molar-refractivity contribution in [1.29, 1.82) is 0 Å². The second kappa shape index (κ2) is 16.3. The number of nitrogens with one attached hydrogen (secondary N) is 1. The molecular weight excluding hydrogens is 612 g/mol. The number of amides is 2. The van der Waals surface area contributed by atoms with E-state index in [-0.39, 0.29) is 31.8 Å². The predicted molar refractivity (Wildman–Crippen MR) is 168 cm³/mol. The molecule has 2 saturated heterocycles. The van der Waals surface area contributed by atoms with Gasteiger partial charge in [0.05, 0.1) is 0 Å². The van der Waals surface area contributed by atoms with Crippen LogP contribution in [-0.2, 0) is 39.8 Å². The molecule has 14 nitrogen and oxygen atoms in total. The van der Waals surface area contributed by atoms with Gasteiger partial charge in [0.25, 0.3) is 5.91 Å². The Balaban J connectivity index is 1.32. The fraction of sp³-hybridized carbons (Fsp3) is 0.636. The van der Waals surface area contributed by atoms with Gasteiger partial charge in [0.1, 0.15) is 37.3 Å². The number of rotatable bonds is 11. The first-order valence-corrected chi connectivity index (χ1v) is 16.1. The lowest BCUT2D eigenvalue weighted by atomic mass is 10.0. The molecule has 0 saturated carbocycles. The zero-order valence-electron chi connectivity index (χ0n) is 27.9. The maximum atomic E-state index is 13.0. The van der Waals surface area contributed by atoms with Gasteiger partial charge in [0, 0.05) is 57.3 Å². The largest absolute Gasteiger partial charge is 0.508 e. The third kappa shape index (κ3) is 10.8. The summed E-state index contributed by atoms with van der Waals surface area (Å²) in [6.45, 7) is 10.4. The van der Waals surface area contributed by atoms with E-state index in [1.807, 2.05) is 56.0 Å². The molecule has 1 aromatic carbocycles. The van der Waals surface area contributed by atoms with Crippen LogP contribution in [-0.4, -0.2) is 113 Å². The zero-order valence-corrected chi connectivity index (χ0v) is 27.9. The number of carbonyl (C=O) groups excluding carboxylic acids is 4. The monoisotopic (exact) mass is 660 g/mol. The van der Waals surface area contributed by atoms with E-state index in [4.69, 9.17) is 23.7 Å². The highest BCUT2D eigenvalue weighted by Crippen LogP contribution is 2.29. The van der Waals surface area contributed by atoms with Gasteiger partial charge >= 0.3 is 18.2 Å². The van der Waals surface area contributed by atoms with Crippen LogP contribution in [0.25, 0.3) is 0 Å². The number of aliphatic hydroxyl groups is 1. The minimum absolute atomic E-state index is 0.0378. The standard InChI is InChI=1S/C33H48N4O10/c1-22-18-37(30(40)34-29(22)39)28-17-26(45-23(2)38)27(46-28)21-44-32(42)43-16-15-35(19-24-11-7-6-8-12-24)20-25-13-9-10-14-36(25)31(41)47-33(3,4)5/h6-8,11-12,18,25-28,30,40H,9-10,13-17,19-21H2,1-5H3,(H,34,39)/t25?,26?,27-,28-,30?/m1/s1. The number of carbonyl (C=O) groups is 4. The molecule has 3 heterocycles. The SMILES string of the molecule is CC(=O)OC1C[C@H](N2C=C(C)C(=O)NC2O)O[C@@H]1COC(=O)OCCN(Cc1ccccc1)CC1CCCCN1C(=O)OC(C)(C)C. The van der Waals surface area contributed by atoms with Crippen molar-refractivity contribution in [2.75, 3.05) is 32.8 Å². The molecule has 1 aromatic rings. The first-order chi connectivity index (χ1) is 22.3. The molecule has 3 aliphatic rings. The molecule has 2 N–H and O–H groups in total. The molecular formula is C33H48N4O10. The maximum Gasteiger partial charge on any atom is 0.508 e. The van der Waals surface area contributed by atoms with Gasteiger partial charge in [0.15, 0.2) is 0 Å². The quantitative estimate of drug-likeness (QED) is 0.265. The number of hydrogen-bond acceptors (Lipinski definition) is 12. The van der Waals surface area contributed by atoms with Gasteiger partial charge in [-0.25, -0.2) is 9.59 Å². The van der Waals surface area contributed by atoms with E-state index >= 15 is 0 Å². The van der Waals surface area contributed by atoms with Crippen molar-refractivity contribution in [3.8, 4) is 0 Å². The molecule has 4 rings (SSSR count). The van der Waals surface area contributed by atoms with Crippen molar-refractivity contribution in [2.45, 2.75) is 103 Å². The minimum atomic E-state index is -1.33. The number of ether oxygens (including phenoxy) is 5.